The Bertz CT molecular complexity index is 613. The van der Waals surface area contributed by atoms with Crippen LogP contribution in [0.3, 0.4) is 0 Å². The summed E-state index contributed by atoms with van der Waals surface area (Å²) >= 11 is 7.43. The van der Waals surface area contributed by atoms with E-state index >= 15 is 0 Å². The van der Waals surface area contributed by atoms with Gasteiger partial charge < -0.3 is 4.74 Å². The van der Waals surface area contributed by atoms with Crippen molar-refractivity contribution in [3.63, 3.8) is 0 Å². The third-order valence-corrected chi connectivity index (χ3v) is 4.16. The number of thioether (sulfide) groups is 1. The summed E-state index contributed by atoms with van der Waals surface area (Å²) in [5.41, 5.74) is 0.639. The first-order valence-corrected chi connectivity index (χ1v) is 7.46. The second-order valence-corrected chi connectivity index (χ2v) is 6.16. The zero-order chi connectivity index (χ0) is 14.5. The Morgan fingerprint density at radius 3 is 2.65 bits per heavy atom. The summed E-state index contributed by atoms with van der Waals surface area (Å²) < 4.78 is 5.18. The fourth-order valence-corrected chi connectivity index (χ4v) is 2.99. The fourth-order valence-electron chi connectivity index (χ4n) is 1.81. The van der Waals surface area contributed by atoms with Crippen molar-refractivity contribution in [2.45, 2.75) is 17.1 Å². The first-order chi connectivity index (χ1) is 9.60. The zero-order valence-corrected chi connectivity index (χ0v) is 12.9. The molecule has 1 unspecified atom stereocenters. The van der Waals surface area contributed by atoms with E-state index in [2.05, 4.69) is 0 Å². The van der Waals surface area contributed by atoms with Crippen LogP contribution in [0.4, 0.5) is 0 Å². The van der Waals surface area contributed by atoms with E-state index in [9.17, 15) is 4.79 Å². The second-order valence-electron chi connectivity index (χ2n) is 4.31. The van der Waals surface area contributed by atoms with Crippen LogP contribution < -0.4 is 4.74 Å². The molecule has 2 aromatic carbocycles. The smallest absolute Gasteiger partial charge is 0.175 e. The van der Waals surface area contributed by atoms with Gasteiger partial charge in [-0.2, -0.15) is 0 Å². The third-order valence-electron chi connectivity index (χ3n) is 2.83. The molecule has 4 heteroatoms. The molecular formula is C16H15ClO2S. The number of carbonyl (C=O) groups excluding carboxylic acids is 1. The molecule has 0 aliphatic rings. The Hall–Kier alpha value is -1.45. The van der Waals surface area contributed by atoms with E-state index in [4.69, 9.17) is 16.3 Å². The van der Waals surface area contributed by atoms with Gasteiger partial charge in [-0.15, -0.1) is 11.8 Å². The van der Waals surface area contributed by atoms with Crippen LogP contribution in [0.15, 0.2) is 53.4 Å². The van der Waals surface area contributed by atoms with Gasteiger partial charge in [0.05, 0.1) is 12.4 Å². The number of halogens is 1. The van der Waals surface area contributed by atoms with Gasteiger partial charge in [0.15, 0.2) is 5.78 Å². The van der Waals surface area contributed by atoms with Crippen LogP contribution in [-0.4, -0.2) is 18.1 Å². The van der Waals surface area contributed by atoms with E-state index in [-0.39, 0.29) is 11.0 Å². The highest BCUT2D eigenvalue weighted by Crippen LogP contribution is 2.28. The first-order valence-electron chi connectivity index (χ1n) is 6.20. The van der Waals surface area contributed by atoms with Gasteiger partial charge in [0.2, 0.25) is 0 Å². The number of carbonyl (C=O) groups is 1. The molecule has 20 heavy (non-hydrogen) atoms. The van der Waals surface area contributed by atoms with Crippen molar-refractivity contribution in [3.05, 3.63) is 59.1 Å². The van der Waals surface area contributed by atoms with Gasteiger partial charge in [-0.1, -0.05) is 29.8 Å². The third kappa shape index (κ3) is 3.78. The van der Waals surface area contributed by atoms with E-state index in [1.165, 1.54) is 11.8 Å². The summed E-state index contributed by atoms with van der Waals surface area (Å²) in [6, 6.07) is 14.7. The Kier molecular flexibility index (Phi) is 5.10. The number of rotatable bonds is 5. The van der Waals surface area contributed by atoms with Gasteiger partial charge >= 0.3 is 0 Å². The SMILES string of the molecule is COc1cccc(SC(C)C(=O)c2cccc(Cl)c2)c1. The maximum atomic E-state index is 12.3. The number of hydrogen-bond acceptors (Lipinski definition) is 3. The highest BCUT2D eigenvalue weighted by atomic mass is 35.5. The number of benzene rings is 2. The molecule has 0 aliphatic carbocycles. The first kappa shape index (κ1) is 14.9. The highest BCUT2D eigenvalue weighted by Gasteiger charge is 2.16. The molecule has 2 nitrogen and oxygen atoms in total. The predicted octanol–water partition coefficient (Wildman–Crippen LogP) is 4.71. The van der Waals surface area contributed by atoms with Gasteiger partial charge in [0, 0.05) is 15.5 Å². The molecule has 0 fully saturated rings. The van der Waals surface area contributed by atoms with Crippen molar-refractivity contribution >= 4 is 29.1 Å². The number of hydrogen-bond donors (Lipinski definition) is 0. The van der Waals surface area contributed by atoms with Crippen molar-refractivity contribution in [2.24, 2.45) is 0 Å². The largest absolute Gasteiger partial charge is 0.497 e. The number of ether oxygens (including phenoxy) is 1. The Morgan fingerprint density at radius 2 is 1.95 bits per heavy atom. The van der Waals surface area contributed by atoms with Crippen LogP contribution in [0.2, 0.25) is 5.02 Å². The van der Waals surface area contributed by atoms with Crippen molar-refractivity contribution in [2.75, 3.05) is 7.11 Å². The van der Waals surface area contributed by atoms with Crippen LogP contribution in [-0.2, 0) is 0 Å². The summed E-state index contributed by atoms with van der Waals surface area (Å²) in [5, 5.41) is 0.398. The quantitative estimate of drug-likeness (QED) is 0.591. The Balaban J connectivity index is 2.11. The summed E-state index contributed by atoms with van der Waals surface area (Å²) in [6.07, 6.45) is 0. The fraction of sp³-hybridized carbons (Fsp3) is 0.188. The molecule has 0 aliphatic heterocycles. The molecule has 0 aromatic heterocycles. The summed E-state index contributed by atoms with van der Waals surface area (Å²) in [4.78, 5) is 13.4. The van der Waals surface area contributed by atoms with Gasteiger partial charge in [0.1, 0.15) is 5.75 Å². The normalized spacial score (nSPS) is 11.9. The van der Waals surface area contributed by atoms with E-state index in [1.54, 1.807) is 31.4 Å². The Labute approximate surface area is 128 Å². The van der Waals surface area contributed by atoms with Gasteiger partial charge in [-0.3, -0.25) is 4.79 Å². The minimum absolute atomic E-state index is 0.0697. The highest BCUT2D eigenvalue weighted by molar-refractivity contribution is 8.00. The molecule has 2 aromatic rings. The predicted molar refractivity (Wildman–Crippen MR) is 84.1 cm³/mol. The van der Waals surface area contributed by atoms with Crippen LogP contribution in [0.1, 0.15) is 17.3 Å². The lowest BCUT2D eigenvalue weighted by Crippen LogP contribution is -2.13. The minimum atomic E-state index is -0.180. The van der Waals surface area contributed by atoms with Crippen LogP contribution in [0.5, 0.6) is 5.75 Å². The number of ketones is 1. The number of methoxy groups -OCH3 is 1. The molecular weight excluding hydrogens is 292 g/mol. The van der Waals surface area contributed by atoms with Gasteiger partial charge in [-0.05, 0) is 37.3 Å². The average molecular weight is 307 g/mol. The standard InChI is InChI=1S/C16H15ClO2S/c1-11(16(18)12-5-3-6-13(17)9-12)20-15-8-4-7-14(10-15)19-2/h3-11H,1-2H3. The molecule has 0 amide bonds. The molecule has 0 bridgehead atoms. The van der Waals surface area contributed by atoms with Crippen molar-refractivity contribution in [3.8, 4) is 5.75 Å². The molecule has 0 saturated carbocycles. The van der Waals surface area contributed by atoms with Crippen LogP contribution in [0, 0.1) is 0 Å². The molecule has 0 N–H and O–H groups in total. The molecule has 1 atom stereocenters. The molecule has 0 radical (unpaired) electrons. The van der Waals surface area contributed by atoms with Crippen LogP contribution >= 0.6 is 23.4 Å². The van der Waals surface area contributed by atoms with Crippen molar-refractivity contribution in [1.29, 1.82) is 0 Å². The van der Waals surface area contributed by atoms with E-state index in [0.717, 1.165) is 10.6 Å². The lowest BCUT2D eigenvalue weighted by Gasteiger charge is -2.11. The van der Waals surface area contributed by atoms with Crippen molar-refractivity contribution in [1.82, 2.24) is 0 Å². The molecule has 104 valence electrons. The zero-order valence-electron chi connectivity index (χ0n) is 11.3. The lowest BCUT2D eigenvalue weighted by molar-refractivity contribution is 0.0994. The van der Waals surface area contributed by atoms with E-state index < -0.39 is 0 Å². The molecule has 0 saturated heterocycles. The van der Waals surface area contributed by atoms with Gasteiger partial charge in [0.25, 0.3) is 0 Å². The average Bonchev–Trinajstić information content (AvgIpc) is 2.46. The van der Waals surface area contributed by atoms with Crippen molar-refractivity contribution < 1.29 is 9.53 Å². The maximum Gasteiger partial charge on any atom is 0.175 e. The molecule has 2 rings (SSSR count). The van der Waals surface area contributed by atoms with Gasteiger partial charge in [-0.25, -0.2) is 0 Å². The van der Waals surface area contributed by atoms with Crippen LogP contribution in [0.25, 0.3) is 0 Å². The Morgan fingerprint density at radius 1 is 1.20 bits per heavy atom. The topological polar surface area (TPSA) is 26.3 Å². The van der Waals surface area contributed by atoms with E-state index in [0.29, 0.717) is 10.6 Å². The molecule has 0 spiro atoms. The number of Topliss-reactive ketones (excluding diaryl/α,β-unsaturated/α-hetero) is 1. The minimum Gasteiger partial charge on any atom is -0.497 e. The monoisotopic (exact) mass is 306 g/mol. The maximum absolute atomic E-state index is 12.3. The lowest BCUT2D eigenvalue weighted by atomic mass is 10.1. The second kappa shape index (κ2) is 6.82. The summed E-state index contributed by atoms with van der Waals surface area (Å²) in [6.45, 7) is 1.90. The van der Waals surface area contributed by atoms with E-state index in [1.807, 2.05) is 31.2 Å². The summed E-state index contributed by atoms with van der Waals surface area (Å²) in [7, 11) is 1.63. The molecule has 0 heterocycles. The summed E-state index contributed by atoms with van der Waals surface area (Å²) in [5.74, 6) is 0.859.